The van der Waals surface area contributed by atoms with Gasteiger partial charge in [-0.15, -0.1) is 0 Å². The van der Waals surface area contributed by atoms with Crippen LogP contribution in [0.2, 0.25) is 18.1 Å². The Morgan fingerprint density at radius 1 is 1.26 bits per heavy atom. The summed E-state index contributed by atoms with van der Waals surface area (Å²) >= 11 is 3.47. The number of hydrogen-bond acceptors (Lipinski definition) is 3. The maximum Gasteiger partial charge on any atom is 0.192 e. The van der Waals surface area contributed by atoms with Crippen LogP contribution in [0, 0.1) is 6.92 Å². The highest BCUT2D eigenvalue weighted by Gasteiger charge is 2.36. The summed E-state index contributed by atoms with van der Waals surface area (Å²) in [6.45, 7) is 14.3. The van der Waals surface area contributed by atoms with Gasteiger partial charge >= 0.3 is 0 Å². The van der Waals surface area contributed by atoms with Crippen LogP contribution in [-0.2, 0) is 4.43 Å². The van der Waals surface area contributed by atoms with Crippen LogP contribution in [0.15, 0.2) is 16.7 Å². The third-order valence-electron chi connectivity index (χ3n) is 3.57. The lowest BCUT2D eigenvalue weighted by molar-refractivity contribution is 0.202. The summed E-state index contributed by atoms with van der Waals surface area (Å²) in [5.74, 6) is 0.768. The zero-order valence-electron chi connectivity index (χ0n) is 12.7. The second-order valence-corrected chi connectivity index (χ2v) is 11.9. The van der Waals surface area contributed by atoms with Crippen molar-refractivity contribution < 1.29 is 9.16 Å². The van der Waals surface area contributed by atoms with Crippen LogP contribution in [-0.4, -0.2) is 26.5 Å². The van der Waals surface area contributed by atoms with Gasteiger partial charge in [0, 0.05) is 5.69 Å². The fraction of sp³-hybridized carbons (Fsp3) is 0.643. The quantitative estimate of drug-likeness (QED) is 0.579. The first-order valence-corrected chi connectivity index (χ1v) is 10.2. The van der Waals surface area contributed by atoms with Crippen LogP contribution < -0.4 is 4.74 Å². The summed E-state index contributed by atoms with van der Waals surface area (Å²) in [7, 11) is -1.67. The first-order chi connectivity index (χ1) is 8.63. The molecule has 5 heteroatoms. The van der Waals surface area contributed by atoms with Crippen LogP contribution in [0.3, 0.4) is 0 Å². The average molecular weight is 346 g/mol. The van der Waals surface area contributed by atoms with Gasteiger partial charge in [0.1, 0.15) is 6.61 Å². The van der Waals surface area contributed by atoms with Crippen molar-refractivity contribution in [3.05, 3.63) is 22.4 Å². The lowest BCUT2D eigenvalue weighted by atomic mass is 10.2. The van der Waals surface area contributed by atoms with E-state index in [0.717, 1.165) is 15.9 Å². The Morgan fingerprint density at radius 2 is 1.89 bits per heavy atom. The molecule has 1 heterocycles. The topological polar surface area (TPSA) is 31.4 Å². The number of aromatic nitrogens is 1. The van der Waals surface area contributed by atoms with Gasteiger partial charge in [-0.3, -0.25) is 4.98 Å². The summed E-state index contributed by atoms with van der Waals surface area (Å²) in [4.78, 5) is 4.22. The Hall–Kier alpha value is -0.393. The molecule has 0 aliphatic carbocycles. The molecule has 0 aliphatic rings. The number of ether oxygens (including phenoxy) is 1. The average Bonchev–Trinajstić information content (AvgIpc) is 2.25. The highest BCUT2D eigenvalue weighted by atomic mass is 79.9. The number of halogens is 1. The van der Waals surface area contributed by atoms with Crippen molar-refractivity contribution in [1.82, 2.24) is 4.98 Å². The fourth-order valence-corrected chi connectivity index (χ4v) is 2.86. The number of nitrogens with zero attached hydrogens (tertiary/aromatic N) is 1. The molecular weight excluding hydrogens is 322 g/mol. The second-order valence-electron chi connectivity index (χ2n) is 6.21. The summed E-state index contributed by atoms with van der Waals surface area (Å²) in [5, 5.41) is 0.235. The molecule has 0 N–H and O–H groups in total. The third kappa shape index (κ3) is 4.89. The van der Waals surface area contributed by atoms with E-state index in [1.54, 1.807) is 6.20 Å². The number of aryl methyl sites for hydroxylation is 1. The number of pyridine rings is 1. The van der Waals surface area contributed by atoms with Gasteiger partial charge in [-0.05, 0) is 47.1 Å². The molecule has 3 nitrogen and oxygen atoms in total. The van der Waals surface area contributed by atoms with E-state index in [-0.39, 0.29) is 5.04 Å². The van der Waals surface area contributed by atoms with Gasteiger partial charge in [0.05, 0.1) is 17.3 Å². The van der Waals surface area contributed by atoms with E-state index in [1.807, 2.05) is 13.0 Å². The molecule has 0 saturated heterocycles. The summed E-state index contributed by atoms with van der Waals surface area (Å²) < 4.78 is 12.7. The maximum absolute atomic E-state index is 6.06. The molecular formula is C14H24BrNO2Si. The van der Waals surface area contributed by atoms with Crippen molar-refractivity contribution >= 4 is 24.2 Å². The molecule has 0 unspecified atom stereocenters. The molecule has 0 spiro atoms. The molecule has 0 bridgehead atoms. The molecule has 0 atom stereocenters. The van der Waals surface area contributed by atoms with Crippen molar-refractivity contribution in [2.24, 2.45) is 0 Å². The van der Waals surface area contributed by atoms with Crippen molar-refractivity contribution in [2.75, 3.05) is 13.2 Å². The zero-order chi connectivity index (χ0) is 14.7. The van der Waals surface area contributed by atoms with Gasteiger partial charge in [0.2, 0.25) is 0 Å². The molecule has 0 aromatic carbocycles. The standard InChI is InChI=1S/C14H24BrNO2Si/c1-11-9-12(15)13(10-16-11)17-7-8-18-19(5,6)14(2,3)4/h9-10H,7-8H2,1-6H3. The highest BCUT2D eigenvalue weighted by molar-refractivity contribution is 9.10. The van der Waals surface area contributed by atoms with Crippen molar-refractivity contribution in [3.8, 4) is 5.75 Å². The molecule has 108 valence electrons. The summed E-state index contributed by atoms with van der Waals surface area (Å²) in [5.41, 5.74) is 0.969. The minimum absolute atomic E-state index is 0.235. The van der Waals surface area contributed by atoms with Crippen molar-refractivity contribution in [1.29, 1.82) is 0 Å². The SMILES string of the molecule is Cc1cc(Br)c(OCCO[Si](C)(C)C(C)(C)C)cn1. The van der Waals surface area contributed by atoms with E-state index in [1.165, 1.54) is 0 Å². The first-order valence-electron chi connectivity index (χ1n) is 6.52. The molecule has 1 rings (SSSR count). The van der Waals surface area contributed by atoms with E-state index in [0.29, 0.717) is 13.2 Å². The number of rotatable bonds is 5. The Morgan fingerprint density at radius 3 is 2.42 bits per heavy atom. The van der Waals surface area contributed by atoms with E-state index < -0.39 is 8.32 Å². The van der Waals surface area contributed by atoms with Crippen LogP contribution in [0.4, 0.5) is 0 Å². The molecule has 0 radical (unpaired) electrons. The second kappa shape index (κ2) is 6.37. The minimum atomic E-state index is -1.67. The smallest absolute Gasteiger partial charge is 0.192 e. The van der Waals surface area contributed by atoms with Gasteiger partial charge < -0.3 is 9.16 Å². The Balaban J connectivity index is 2.43. The summed E-state index contributed by atoms with van der Waals surface area (Å²) in [6.07, 6.45) is 1.74. The molecule has 1 aromatic rings. The Bertz CT molecular complexity index is 430. The molecule has 19 heavy (non-hydrogen) atoms. The van der Waals surface area contributed by atoms with Gasteiger partial charge in [-0.25, -0.2) is 0 Å². The van der Waals surface area contributed by atoms with Crippen LogP contribution in [0.5, 0.6) is 5.75 Å². The highest BCUT2D eigenvalue weighted by Crippen LogP contribution is 2.36. The molecule has 0 saturated carbocycles. The first kappa shape index (κ1) is 16.7. The summed E-state index contributed by atoms with van der Waals surface area (Å²) in [6, 6.07) is 1.95. The maximum atomic E-state index is 6.06. The molecule has 0 amide bonds. The van der Waals surface area contributed by atoms with Gasteiger partial charge in [-0.2, -0.15) is 0 Å². The van der Waals surface area contributed by atoms with Crippen LogP contribution >= 0.6 is 15.9 Å². The van der Waals surface area contributed by atoms with Crippen LogP contribution in [0.25, 0.3) is 0 Å². The Labute approximate surface area is 126 Å². The normalized spacial score (nSPS) is 12.6. The molecule has 0 fully saturated rings. The van der Waals surface area contributed by atoms with Gasteiger partial charge in [-0.1, -0.05) is 20.8 Å². The molecule has 1 aromatic heterocycles. The van der Waals surface area contributed by atoms with E-state index in [4.69, 9.17) is 9.16 Å². The van der Waals surface area contributed by atoms with Gasteiger partial charge in [0.15, 0.2) is 14.1 Å². The Kier molecular flexibility index (Phi) is 5.59. The fourth-order valence-electron chi connectivity index (χ4n) is 1.29. The van der Waals surface area contributed by atoms with E-state index in [9.17, 15) is 0 Å². The minimum Gasteiger partial charge on any atom is -0.488 e. The van der Waals surface area contributed by atoms with Crippen molar-refractivity contribution in [3.63, 3.8) is 0 Å². The van der Waals surface area contributed by atoms with Gasteiger partial charge in [0.25, 0.3) is 0 Å². The largest absolute Gasteiger partial charge is 0.488 e. The predicted molar refractivity (Wildman–Crippen MR) is 85.3 cm³/mol. The van der Waals surface area contributed by atoms with E-state index in [2.05, 4.69) is 54.8 Å². The third-order valence-corrected chi connectivity index (χ3v) is 8.72. The van der Waals surface area contributed by atoms with Crippen molar-refractivity contribution in [2.45, 2.75) is 45.8 Å². The number of hydrogen-bond donors (Lipinski definition) is 0. The monoisotopic (exact) mass is 345 g/mol. The predicted octanol–water partition coefficient (Wildman–Crippen LogP) is 4.55. The van der Waals surface area contributed by atoms with E-state index >= 15 is 0 Å². The van der Waals surface area contributed by atoms with Crippen LogP contribution in [0.1, 0.15) is 26.5 Å². The molecule has 0 aliphatic heterocycles. The lowest BCUT2D eigenvalue weighted by Crippen LogP contribution is -2.41. The zero-order valence-corrected chi connectivity index (χ0v) is 15.3. The lowest BCUT2D eigenvalue weighted by Gasteiger charge is -2.36.